The van der Waals surface area contributed by atoms with Crippen LogP contribution in [-0.4, -0.2) is 22.8 Å². The minimum Gasteiger partial charge on any atom is -0.508 e. The van der Waals surface area contributed by atoms with Crippen molar-refractivity contribution in [2.75, 3.05) is 11.9 Å². The Labute approximate surface area is 107 Å². The van der Waals surface area contributed by atoms with Crippen molar-refractivity contribution in [1.82, 2.24) is 4.98 Å². The molecule has 0 amide bonds. The molecule has 0 bridgehead atoms. The first-order valence-corrected chi connectivity index (χ1v) is 5.50. The van der Waals surface area contributed by atoms with E-state index in [1.54, 1.807) is 18.2 Å². The van der Waals surface area contributed by atoms with Crippen molar-refractivity contribution in [1.29, 1.82) is 0 Å². The molecule has 0 fully saturated rings. The number of hydrogen-bond donors (Lipinski definition) is 2. The van der Waals surface area contributed by atoms with E-state index in [2.05, 4.69) is 10.3 Å². The molecule has 0 atom stereocenters. The molecule has 0 saturated heterocycles. The summed E-state index contributed by atoms with van der Waals surface area (Å²) in [6.07, 6.45) is -2.79. The van der Waals surface area contributed by atoms with Gasteiger partial charge < -0.3 is 10.4 Å². The van der Waals surface area contributed by atoms with Gasteiger partial charge in [-0.1, -0.05) is 12.1 Å². The van der Waals surface area contributed by atoms with E-state index in [4.69, 9.17) is 5.11 Å². The molecular weight excluding hydrogens is 257 g/mol. The van der Waals surface area contributed by atoms with Crippen molar-refractivity contribution in [3.63, 3.8) is 0 Å². The molecule has 0 aliphatic carbocycles. The van der Waals surface area contributed by atoms with E-state index in [0.717, 1.165) is 11.1 Å². The maximum absolute atomic E-state index is 12.0. The fraction of sp³-hybridized carbons (Fsp3) is 0.154. The quantitative estimate of drug-likeness (QED) is 0.896. The average Bonchev–Trinajstić information content (AvgIpc) is 2.37. The fourth-order valence-electron chi connectivity index (χ4n) is 1.51. The van der Waals surface area contributed by atoms with E-state index in [9.17, 15) is 13.2 Å². The van der Waals surface area contributed by atoms with Crippen LogP contribution in [0, 0.1) is 0 Å². The van der Waals surface area contributed by atoms with Gasteiger partial charge in [-0.2, -0.15) is 13.2 Å². The molecule has 1 heterocycles. The monoisotopic (exact) mass is 268 g/mol. The van der Waals surface area contributed by atoms with E-state index in [0.29, 0.717) is 0 Å². The molecule has 3 nitrogen and oxygen atoms in total. The second-order valence-electron chi connectivity index (χ2n) is 3.95. The van der Waals surface area contributed by atoms with Crippen molar-refractivity contribution >= 4 is 5.82 Å². The Morgan fingerprint density at radius 3 is 2.16 bits per heavy atom. The summed E-state index contributed by atoms with van der Waals surface area (Å²) in [7, 11) is 0. The molecule has 0 spiro atoms. The summed E-state index contributed by atoms with van der Waals surface area (Å²) in [5.41, 5.74) is 1.59. The number of nitrogens with one attached hydrogen (secondary N) is 1. The lowest BCUT2D eigenvalue weighted by molar-refractivity contribution is -0.115. The molecule has 2 rings (SSSR count). The lowest BCUT2D eigenvalue weighted by Gasteiger charge is -2.09. The number of anilines is 1. The van der Waals surface area contributed by atoms with Crippen LogP contribution >= 0.6 is 0 Å². The summed E-state index contributed by atoms with van der Waals surface area (Å²) >= 11 is 0. The molecule has 100 valence electrons. The predicted molar refractivity (Wildman–Crippen MR) is 65.9 cm³/mol. The Morgan fingerprint density at radius 2 is 1.63 bits per heavy atom. The van der Waals surface area contributed by atoms with Gasteiger partial charge in [0.25, 0.3) is 0 Å². The van der Waals surface area contributed by atoms with Gasteiger partial charge in [0.1, 0.15) is 18.1 Å². The van der Waals surface area contributed by atoms with Gasteiger partial charge in [0, 0.05) is 11.8 Å². The molecule has 6 heteroatoms. The maximum Gasteiger partial charge on any atom is 0.405 e. The van der Waals surface area contributed by atoms with Gasteiger partial charge in [-0.3, -0.25) is 0 Å². The molecule has 0 radical (unpaired) electrons. The lowest BCUT2D eigenvalue weighted by Crippen LogP contribution is -2.21. The summed E-state index contributed by atoms with van der Waals surface area (Å²) < 4.78 is 36.0. The highest BCUT2D eigenvalue weighted by Crippen LogP contribution is 2.22. The number of phenolic OH excluding ortho intramolecular Hbond substituents is 1. The first-order valence-electron chi connectivity index (χ1n) is 5.50. The Morgan fingerprint density at radius 1 is 1.00 bits per heavy atom. The zero-order valence-electron chi connectivity index (χ0n) is 9.78. The first-order chi connectivity index (χ1) is 8.94. The number of rotatable bonds is 3. The highest BCUT2D eigenvalue weighted by Gasteiger charge is 2.26. The summed E-state index contributed by atoms with van der Waals surface area (Å²) in [4.78, 5) is 3.91. The van der Waals surface area contributed by atoms with Crippen LogP contribution in [0.25, 0.3) is 11.1 Å². The second kappa shape index (κ2) is 5.17. The number of halogens is 3. The number of alkyl halides is 3. The molecular formula is C13H11F3N2O. The van der Waals surface area contributed by atoms with Gasteiger partial charge in [0.2, 0.25) is 0 Å². The molecule has 0 saturated carbocycles. The number of hydrogen-bond acceptors (Lipinski definition) is 3. The van der Waals surface area contributed by atoms with Crippen molar-refractivity contribution < 1.29 is 18.3 Å². The highest BCUT2D eigenvalue weighted by atomic mass is 19.4. The van der Waals surface area contributed by atoms with Crippen LogP contribution in [0.5, 0.6) is 5.75 Å². The van der Waals surface area contributed by atoms with Crippen molar-refractivity contribution in [3.05, 3.63) is 42.6 Å². The van der Waals surface area contributed by atoms with Crippen LogP contribution in [0.1, 0.15) is 0 Å². The molecule has 0 unspecified atom stereocenters. The highest BCUT2D eigenvalue weighted by molar-refractivity contribution is 5.64. The largest absolute Gasteiger partial charge is 0.508 e. The van der Waals surface area contributed by atoms with E-state index >= 15 is 0 Å². The predicted octanol–water partition coefficient (Wildman–Crippen LogP) is 3.43. The number of phenols is 1. The van der Waals surface area contributed by atoms with Crippen LogP contribution in [0.15, 0.2) is 42.6 Å². The Hall–Kier alpha value is -2.24. The second-order valence-corrected chi connectivity index (χ2v) is 3.95. The van der Waals surface area contributed by atoms with E-state index in [1.807, 2.05) is 0 Å². The third-order valence-electron chi connectivity index (χ3n) is 2.43. The van der Waals surface area contributed by atoms with Crippen molar-refractivity contribution in [3.8, 4) is 16.9 Å². The SMILES string of the molecule is Oc1ccc(-c2ccc(NCC(F)(F)F)nc2)cc1. The van der Waals surface area contributed by atoms with Gasteiger partial charge >= 0.3 is 6.18 Å². The van der Waals surface area contributed by atoms with Crippen LogP contribution in [-0.2, 0) is 0 Å². The van der Waals surface area contributed by atoms with Crippen molar-refractivity contribution in [2.24, 2.45) is 0 Å². The van der Waals surface area contributed by atoms with Gasteiger partial charge in [-0.15, -0.1) is 0 Å². The summed E-state index contributed by atoms with van der Waals surface area (Å²) in [6.45, 7) is -1.11. The molecule has 19 heavy (non-hydrogen) atoms. The first kappa shape index (κ1) is 13.2. The minimum absolute atomic E-state index is 0.153. The maximum atomic E-state index is 12.0. The van der Waals surface area contributed by atoms with Crippen LogP contribution in [0.4, 0.5) is 19.0 Å². The Bertz CT molecular complexity index is 535. The zero-order chi connectivity index (χ0) is 13.9. The fourth-order valence-corrected chi connectivity index (χ4v) is 1.51. The minimum atomic E-state index is -4.27. The van der Waals surface area contributed by atoms with Gasteiger partial charge in [-0.05, 0) is 29.8 Å². The number of aromatic nitrogens is 1. The molecule has 1 aromatic carbocycles. The molecule has 2 N–H and O–H groups in total. The third kappa shape index (κ3) is 3.87. The van der Waals surface area contributed by atoms with Gasteiger partial charge in [0.05, 0.1) is 0 Å². The normalized spacial score (nSPS) is 11.3. The van der Waals surface area contributed by atoms with Gasteiger partial charge in [-0.25, -0.2) is 4.98 Å². The van der Waals surface area contributed by atoms with E-state index in [1.165, 1.54) is 24.4 Å². The molecule has 0 aliphatic rings. The standard InChI is InChI=1S/C13H11F3N2O/c14-13(15,16)8-18-12-6-3-10(7-17-12)9-1-4-11(19)5-2-9/h1-7,19H,8H2,(H,17,18). The number of pyridine rings is 1. The molecule has 2 aromatic rings. The van der Waals surface area contributed by atoms with E-state index < -0.39 is 12.7 Å². The smallest absolute Gasteiger partial charge is 0.405 e. The van der Waals surface area contributed by atoms with Crippen LogP contribution in [0.3, 0.4) is 0 Å². The summed E-state index contributed by atoms with van der Waals surface area (Å²) in [5, 5.41) is 11.4. The van der Waals surface area contributed by atoms with Crippen molar-refractivity contribution in [2.45, 2.75) is 6.18 Å². The Balaban J connectivity index is 2.08. The summed E-state index contributed by atoms with van der Waals surface area (Å²) in [5.74, 6) is 0.319. The van der Waals surface area contributed by atoms with Gasteiger partial charge in [0.15, 0.2) is 0 Å². The average molecular weight is 268 g/mol. The number of aromatic hydroxyl groups is 1. The van der Waals surface area contributed by atoms with E-state index in [-0.39, 0.29) is 11.6 Å². The van der Waals surface area contributed by atoms with Crippen LogP contribution < -0.4 is 5.32 Å². The Kier molecular flexibility index (Phi) is 3.59. The number of benzene rings is 1. The zero-order valence-corrected chi connectivity index (χ0v) is 9.78. The summed E-state index contributed by atoms with van der Waals surface area (Å²) in [6, 6.07) is 9.62. The van der Waals surface area contributed by atoms with Crippen LogP contribution in [0.2, 0.25) is 0 Å². The third-order valence-corrected chi connectivity index (χ3v) is 2.43. The topological polar surface area (TPSA) is 45.1 Å². The molecule has 1 aromatic heterocycles. The molecule has 0 aliphatic heterocycles. The lowest BCUT2D eigenvalue weighted by atomic mass is 10.1. The number of nitrogens with zero attached hydrogens (tertiary/aromatic N) is 1.